The molecule has 28 heavy (non-hydrogen) atoms. The zero-order valence-electron chi connectivity index (χ0n) is 16.2. The maximum atomic E-state index is 12.5. The van der Waals surface area contributed by atoms with Gasteiger partial charge in [0.1, 0.15) is 11.5 Å². The lowest BCUT2D eigenvalue weighted by Gasteiger charge is -2.15. The van der Waals surface area contributed by atoms with Crippen LogP contribution in [0.4, 0.5) is 8.78 Å². The molecule has 0 heterocycles. The van der Waals surface area contributed by atoms with Crippen LogP contribution in [0.3, 0.4) is 0 Å². The smallest absolute Gasteiger partial charge is 0.387 e. The molecular formula is C20H26F2IN3O2. The van der Waals surface area contributed by atoms with E-state index in [-0.39, 0.29) is 29.7 Å². The minimum absolute atomic E-state index is 0. The van der Waals surface area contributed by atoms with Crippen LogP contribution in [0.15, 0.2) is 47.5 Å². The molecule has 0 fully saturated rings. The van der Waals surface area contributed by atoms with Gasteiger partial charge in [-0.1, -0.05) is 35.9 Å². The van der Waals surface area contributed by atoms with E-state index in [1.165, 1.54) is 11.6 Å². The summed E-state index contributed by atoms with van der Waals surface area (Å²) in [6, 6.07) is 12.7. The predicted octanol–water partition coefficient (Wildman–Crippen LogP) is 4.13. The first-order valence-electron chi connectivity index (χ1n) is 8.64. The zero-order valence-corrected chi connectivity index (χ0v) is 18.5. The first-order valence-corrected chi connectivity index (χ1v) is 8.64. The van der Waals surface area contributed by atoms with E-state index in [0.717, 1.165) is 17.7 Å². The van der Waals surface area contributed by atoms with Gasteiger partial charge in [-0.15, -0.1) is 24.0 Å². The van der Waals surface area contributed by atoms with Gasteiger partial charge in [0.2, 0.25) is 0 Å². The molecule has 0 aliphatic rings. The quantitative estimate of drug-likeness (QED) is 0.322. The topological polar surface area (TPSA) is 54.9 Å². The number of nitrogens with zero attached hydrogens (tertiary/aromatic N) is 1. The summed E-state index contributed by atoms with van der Waals surface area (Å²) < 4.78 is 34.9. The van der Waals surface area contributed by atoms with E-state index >= 15 is 0 Å². The highest BCUT2D eigenvalue weighted by Crippen LogP contribution is 2.20. The van der Waals surface area contributed by atoms with Crippen molar-refractivity contribution >= 4 is 29.9 Å². The summed E-state index contributed by atoms with van der Waals surface area (Å²) in [5.41, 5.74) is 2.90. The standard InChI is InChI=1S/C20H25F2N3O2.HI/c1-14-8-9-17(26-3)15(12-14)10-11-24-20(23-2)25-13-16-6-4-5-7-18(16)27-19(21)22;/h4-9,12,19H,10-11,13H2,1-3H3,(H2,23,24,25);1H. The van der Waals surface area contributed by atoms with Crippen LogP contribution < -0.4 is 20.1 Å². The number of alkyl halides is 2. The molecule has 0 radical (unpaired) electrons. The summed E-state index contributed by atoms with van der Waals surface area (Å²) in [6.07, 6.45) is 0.761. The SMILES string of the molecule is CN=C(NCCc1cc(C)ccc1OC)NCc1ccccc1OC(F)F.I. The minimum atomic E-state index is -2.85. The van der Waals surface area contributed by atoms with Gasteiger partial charge < -0.3 is 20.1 Å². The average Bonchev–Trinajstić information content (AvgIpc) is 2.65. The molecule has 0 saturated heterocycles. The van der Waals surface area contributed by atoms with Crippen molar-refractivity contribution in [1.29, 1.82) is 0 Å². The first-order chi connectivity index (χ1) is 13.0. The van der Waals surface area contributed by atoms with Crippen molar-refractivity contribution < 1.29 is 18.3 Å². The maximum absolute atomic E-state index is 12.5. The van der Waals surface area contributed by atoms with Gasteiger partial charge in [-0.2, -0.15) is 8.78 Å². The van der Waals surface area contributed by atoms with Crippen molar-refractivity contribution in [2.75, 3.05) is 20.7 Å². The van der Waals surface area contributed by atoms with Gasteiger partial charge in [0, 0.05) is 25.7 Å². The molecule has 5 nitrogen and oxygen atoms in total. The van der Waals surface area contributed by atoms with Crippen molar-refractivity contribution in [3.05, 3.63) is 59.2 Å². The van der Waals surface area contributed by atoms with Crippen LogP contribution in [-0.2, 0) is 13.0 Å². The lowest BCUT2D eigenvalue weighted by molar-refractivity contribution is -0.0504. The van der Waals surface area contributed by atoms with Crippen molar-refractivity contribution in [3.63, 3.8) is 0 Å². The molecule has 0 spiro atoms. The Bertz CT molecular complexity index is 773. The van der Waals surface area contributed by atoms with Gasteiger partial charge in [0.15, 0.2) is 5.96 Å². The Morgan fingerprint density at radius 1 is 1.07 bits per heavy atom. The number of nitrogens with one attached hydrogen (secondary N) is 2. The fourth-order valence-corrected chi connectivity index (χ4v) is 2.68. The van der Waals surface area contributed by atoms with E-state index in [9.17, 15) is 8.78 Å². The number of halogens is 3. The Morgan fingerprint density at radius 2 is 1.82 bits per heavy atom. The summed E-state index contributed by atoms with van der Waals surface area (Å²) in [6.45, 7) is 0.147. The molecule has 2 N–H and O–H groups in total. The Hall–Kier alpha value is -2.10. The molecule has 2 rings (SSSR count). The van der Waals surface area contributed by atoms with Gasteiger partial charge >= 0.3 is 6.61 Å². The monoisotopic (exact) mass is 505 g/mol. The van der Waals surface area contributed by atoms with Crippen LogP contribution in [0, 0.1) is 6.92 Å². The molecule has 0 saturated carbocycles. The van der Waals surface area contributed by atoms with Gasteiger partial charge in [0.25, 0.3) is 0 Å². The maximum Gasteiger partial charge on any atom is 0.387 e. The highest BCUT2D eigenvalue weighted by atomic mass is 127. The van der Waals surface area contributed by atoms with Crippen LogP contribution >= 0.6 is 24.0 Å². The molecule has 0 bridgehead atoms. The fraction of sp³-hybridized carbons (Fsp3) is 0.350. The Morgan fingerprint density at radius 3 is 2.50 bits per heavy atom. The van der Waals surface area contributed by atoms with Gasteiger partial charge in [-0.25, -0.2) is 0 Å². The van der Waals surface area contributed by atoms with E-state index in [1.54, 1.807) is 32.4 Å². The van der Waals surface area contributed by atoms with E-state index in [1.807, 2.05) is 19.1 Å². The van der Waals surface area contributed by atoms with Crippen molar-refractivity contribution in [2.24, 2.45) is 4.99 Å². The highest BCUT2D eigenvalue weighted by molar-refractivity contribution is 14.0. The minimum Gasteiger partial charge on any atom is -0.496 e. The largest absolute Gasteiger partial charge is 0.496 e. The van der Waals surface area contributed by atoms with Gasteiger partial charge in [0.05, 0.1) is 7.11 Å². The zero-order chi connectivity index (χ0) is 19.6. The number of methoxy groups -OCH3 is 1. The molecule has 0 aromatic heterocycles. The summed E-state index contributed by atoms with van der Waals surface area (Å²) in [5.74, 6) is 1.58. The van der Waals surface area contributed by atoms with Crippen LogP contribution in [0.2, 0.25) is 0 Å². The first kappa shape index (κ1) is 23.9. The molecule has 2 aromatic carbocycles. The van der Waals surface area contributed by atoms with E-state index in [2.05, 4.69) is 26.4 Å². The lowest BCUT2D eigenvalue weighted by Crippen LogP contribution is -2.38. The van der Waals surface area contributed by atoms with Crippen molar-refractivity contribution in [1.82, 2.24) is 10.6 Å². The second kappa shape index (κ2) is 12.4. The van der Waals surface area contributed by atoms with Crippen LogP contribution in [0.1, 0.15) is 16.7 Å². The Kier molecular flexibility index (Phi) is 10.6. The molecule has 8 heteroatoms. The second-order valence-electron chi connectivity index (χ2n) is 5.90. The number of aliphatic imine (C=N–C) groups is 1. The van der Waals surface area contributed by atoms with Crippen molar-refractivity contribution in [2.45, 2.75) is 26.5 Å². The number of hydrogen-bond acceptors (Lipinski definition) is 3. The average molecular weight is 505 g/mol. The number of guanidine groups is 1. The number of aryl methyl sites for hydroxylation is 1. The fourth-order valence-electron chi connectivity index (χ4n) is 2.68. The second-order valence-corrected chi connectivity index (χ2v) is 5.90. The van der Waals surface area contributed by atoms with Crippen LogP contribution in [-0.4, -0.2) is 33.3 Å². The Labute approximate surface area is 181 Å². The van der Waals surface area contributed by atoms with Gasteiger partial charge in [-0.05, 0) is 31.0 Å². The third kappa shape index (κ3) is 7.49. The molecular weight excluding hydrogens is 479 g/mol. The van der Waals surface area contributed by atoms with E-state index < -0.39 is 6.61 Å². The Balaban J connectivity index is 0.00000392. The number of para-hydroxylation sites is 1. The highest BCUT2D eigenvalue weighted by Gasteiger charge is 2.09. The number of rotatable bonds is 8. The number of hydrogen-bond donors (Lipinski definition) is 2. The molecule has 0 aliphatic carbocycles. The third-order valence-corrected chi connectivity index (χ3v) is 3.98. The number of ether oxygens (including phenoxy) is 2. The summed E-state index contributed by atoms with van der Waals surface area (Å²) in [5, 5.41) is 6.32. The molecule has 0 unspecified atom stereocenters. The molecule has 154 valence electrons. The summed E-state index contributed by atoms with van der Waals surface area (Å²) in [4.78, 5) is 4.16. The molecule has 0 aliphatic heterocycles. The normalized spacial score (nSPS) is 11.0. The number of benzene rings is 2. The van der Waals surface area contributed by atoms with Crippen LogP contribution in [0.5, 0.6) is 11.5 Å². The summed E-state index contributed by atoms with van der Waals surface area (Å²) >= 11 is 0. The van der Waals surface area contributed by atoms with Gasteiger partial charge in [-0.3, -0.25) is 4.99 Å². The predicted molar refractivity (Wildman–Crippen MR) is 118 cm³/mol. The molecule has 0 atom stereocenters. The van der Waals surface area contributed by atoms with E-state index in [0.29, 0.717) is 24.6 Å². The van der Waals surface area contributed by atoms with E-state index in [4.69, 9.17) is 4.74 Å². The molecule has 0 amide bonds. The summed E-state index contributed by atoms with van der Waals surface area (Å²) in [7, 11) is 3.31. The third-order valence-electron chi connectivity index (χ3n) is 3.98. The van der Waals surface area contributed by atoms with Crippen molar-refractivity contribution in [3.8, 4) is 11.5 Å². The molecule has 2 aromatic rings. The van der Waals surface area contributed by atoms with Crippen LogP contribution in [0.25, 0.3) is 0 Å². The lowest BCUT2D eigenvalue weighted by atomic mass is 10.1.